The zero-order valence-electron chi connectivity index (χ0n) is 10.4. The summed E-state index contributed by atoms with van der Waals surface area (Å²) in [5.74, 6) is 1.81. The van der Waals surface area contributed by atoms with Crippen molar-refractivity contribution in [2.75, 3.05) is 11.1 Å². The van der Waals surface area contributed by atoms with Crippen LogP contribution in [0.3, 0.4) is 0 Å². The molecule has 3 aromatic heterocycles. The van der Waals surface area contributed by atoms with E-state index in [0.29, 0.717) is 11.5 Å². The number of nitrogens with two attached hydrogens (primary N) is 1. The average Bonchev–Trinajstić information content (AvgIpc) is 2.99. The molecular weight excluding hydrogens is 244 g/mol. The summed E-state index contributed by atoms with van der Waals surface area (Å²) in [6, 6.07) is 3.97. The number of anilines is 2. The number of aromatic amines is 1. The molecule has 0 amide bonds. The molecule has 0 saturated heterocycles. The van der Waals surface area contributed by atoms with Crippen molar-refractivity contribution < 1.29 is 4.42 Å². The van der Waals surface area contributed by atoms with E-state index in [1.54, 1.807) is 12.5 Å². The van der Waals surface area contributed by atoms with E-state index in [-0.39, 0.29) is 12.0 Å². The lowest BCUT2D eigenvalue weighted by atomic mass is 10.2. The zero-order chi connectivity index (χ0) is 13.2. The fraction of sp³-hybridized carbons (Fsp3) is 0.250. The van der Waals surface area contributed by atoms with Crippen molar-refractivity contribution in [3.63, 3.8) is 0 Å². The highest BCUT2D eigenvalue weighted by molar-refractivity contribution is 5.86. The quantitative estimate of drug-likeness (QED) is 0.656. The third-order valence-corrected chi connectivity index (χ3v) is 2.80. The van der Waals surface area contributed by atoms with Gasteiger partial charge in [0.2, 0.25) is 5.95 Å². The molecule has 3 aromatic rings. The highest BCUT2D eigenvalue weighted by atomic mass is 16.3. The molecule has 98 valence electrons. The Morgan fingerprint density at radius 1 is 1.47 bits per heavy atom. The first kappa shape index (κ1) is 11.5. The average molecular weight is 258 g/mol. The topological polar surface area (TPSA) is 106 Å². The van der Waals surface area contributed by atoms with Crippen molar-refractivity contribution in [1.82, 2.24) is 20.2 Å². The van der Waals surface area contributed by atoms with E-state index in [0.717, 1.165) is 17.6 Å². The summed E-state index contributed by atoms with van der Waals surface area (Å²) in [6.45, 7) is 2.05. The minimum absolute atomic E-state index is 0.151. The van der Waals surface area contributed by atoms with Crippen LogP contribution in [0.5, 0.6) is 0 Å². The summed E-state index contributed by atoms with van der Waals surface area (Å²) in [5.41, 5.74) is 6.29. The van der Waals surface area contributed by atoms with Crippen LogP contribution >= 0.6 is 0 Å². The maximum absolute atomic E-state index is 5.67. The van der Waals surface area contributed by atoms with Crippen molar-refractivity contribution in [3.05, 3.63) is 30.4 Å². The minimum Gasteiger partial charge on any atom is -0.469 e. The lowest BCUT2D eigenvalue weighted by molar-refractivity contribution is 0.497. The molecule has 19 heavy (non-hydrogen) atoms. The zero-order valence-corrected chi connectivity index (χ0v) is 10.4. The second kappa shape index (κ2) is 4.60. The largest absolute Gasteiger partial charge is 0.469 e. The van der Waals surface area contributed by atoms with Gasteiger partial charge in [0.15, 0.2) is 5.65 Å². The Morgan fingerprint density at radius 3 is 3.16 bits per heavy atom. The summed E-state index contributed by atoms with van der Waals surface area (Å²) in [6.07, 6.45) is 4.10. The summed E-state index contributed by atoms with van der Waals surface area (Å²) in [4.78, 5) is 8.28. The molecule has 3 heterocycles. The van der Waals surface area contributed by atoms with Gasteiger partial charge in [-0.3, -0.25) is 5.10 Å². The van der Waals surface area contributed by atoms with Gasteiger partial charge in [0.1, 0.15) is 11.6 Å². The van der Waals surface area contributed by atoms with Crippen molar-refractivity contribution in [1.29, 1.82) is 0 Å². The van der Waals surface area contributed by atoms with Gasteiger partial charge in [0.25, 0.3) is 0 Å². The highest BCUT2D eigenvalue weighted by Gasteiger charge is 2.11. The van der Waals surface area contributed by atoms with Crippen LogP contribution in [0.15, 0.2) is 29.0 Å². The van der Waals surface area contributed by atoms with E-state index in [4.69, 9.17) is 10.2 Å². The van der Waals surface area contributed by atoms with E-state index in [1.807, 2.05) is 19.1 Å². The number of rotatable bonds is 4. The summed E-state index contributed by atoms with van der Waals surface area (Å²) < 4.78 is 5.32. The molecular formula is C12H14N6O. The molecule has 0 bridgehead atoms. The number of nitrogens with one attached hydrogen (secondary N) is 2. The Hall–Kier alpha value is -2.57. The summed E-state index contributed by atoms with van der Waals surface area (Å²) in [5, 5.41) is 10.8. The predicted octanol–water partition coefficient (Wildman–Crippen LogP) is 1.57. The second-order valence-electron chi connectivity index (χ2n) is 4.39. The molecule has 0 aliphatic rings. The van der Waals surface area contributed by atoms with E-state index in [2.05, 4.69) is 25.5 Å². The van der Waals surface area contributed by atoms with Gasteiger partial charge in [-0.2, -0.15) is 15.1 Å². The van der Waals surface area contributed by atoms with Gasteiger partial charge < -0.3 is 15.5 Å². The minimum atomic E-state index is 0.151. The molecule has 1 atom stereocenters. The van der Waals surface area contributed by atoms with Crippen LogP contribution < -0.4 is 11.1 Å². The lowest BCUT2D eigenvalue weighted by Gasteiger charge is -2.13. The maximum Gasteiger partial charge on any atom is 0.224 e. The number of furan rings is 1. The molecule has 4 N–H and O–H groups in total. The first-order valence-electron chi connectivity index (χ1n) is 5.98. The third kappa shape index (κ3) is 2.35. The Labute approximate surface area is 109 Å². The molecule has 0 aromatic carbocycles. The molecule has 0 radical (unpaired) electrons. The van der Waals surface area contributed by atoms with Crippen LogP contribution in [-0.4, -0.2) is 26.2 Å². The SMILES string of the molecule is CC(Cc1ccco1)Nc1nc(N)nc2[nH]ncc12. The van der Waals surface area contributed by atoms with Crippen molar-refractivity contribution in [3.8, 4) is 0 Å². The highest BCUT2D eigenvalue weighted by Crippen LogP contribution is 2.20. The number of hydrogen-bond acceptors (Lipinski definition) is 6. The molecule has 3 rings (SSSR count). The molecule has 7 heteroatoms. The Kier molecular flexibility index (Phi) is 2.79. The van der Waals surface area contributed by atoms with Crippen LogP contribution in [-0.2, 0) is 6.42 Å². The van der Waals surface area contributed by atoms with Crippen molar-refractivity contribution in [2.45, 2.75) is 19.4 Å². The first-order valence-corrected chi connectivity index (χ1v) is 5.98. The van der Waals surface area contributed by atoms with Gasteiger partial charge >= 0.3 is 0 Å². The van der Waals surface area contributed by atoms with Crippen molar-refractivity contribution >= 4 is 22.8 Å². The fourth-order valence-corrected chi connectivity index (χ4v) is 1.98. The maximum atomic E-state index is 5.67. The number of nitrogen functional groups attached to an aromatic ring is 1. The van der Waals surface area contributed by atoms with E-state index in [9.17, 15) is 0 Å². The summed E-state index contributed by atoms with van der Waals surface area (Å²) >= 11 is 0. The number of nitrogens with zero attached hydrogens (tertiary/aromatic N) is 3. The van der Waals surface area contributed by atoms with Crippen LogP contribution in [0.2, 0.25) is 0 Å². The predicted molar refractivity (Wildman–Crippen MR) is 71.6 cm³/mol. The van der Waals surface area contributed by atoms with Gasteiger partial charge in [-0.05, 0) is 19.1 Å². The van der Waals surface area contributed by atoms with Gasteiger partial charge in [-0.15, -0.1) is 0 Å². The third-order valence-electron chi connectivity index (χ3n) is 2.80. The number of fused-ring (bicyclic) bond motifs is 1. The van der Waals surface area contributed by atoms with E-state index >= 15 is 0 Å². The smallest absolute Gasteiger partial charge is 0.224 e. The molecule has 0 aliphatic heterocycles. The lowest BCUT2D eigenvalue weighted by Crippen LogP contribution is -2.19. The first-order chi connectivity index (χ1) is 9.22. The second-order valence-corrected chi connectivity index (χ2v) is 4.39. The number of H-pyrrole nitrogens is 1. The Morgan fingerprint density at radius 2 is 2.37 bits per heavy atom. The molecule has 0 spiro atoms. The fourth-order valence-electron chi connectivity index (χ4n) is 1.98. The molecule has 0 saturated carbocycles. The van der Waals surface area contributed by atoms with Gasteiger partial charge in [0, 0.05) is 12.5 Å². The molecule has 0 fully saturated rings. The molecule has 0 aliphatic carbocycles. The number of aromatic nitrogens is 4. The molecule has 7 nitrogen and oxygen atoms in total. The monoisotopic (exact) mass is 258 g/mol. The van der Waals surface area contributed by atoms with Gasteiger partial charge in [0.05, 0.1) is 17.8 Å². The Bertz CT molecular complexity index is 675. The van der Waals surface area contributed by atoms with Crippen molar-refractivity contribution in [2.24, 2.45) is 0 Å². The van der Waals surface area contributed by atoms with E-state index < -0.39 is 0 Å². The van der Waals surface area contributed by atoms with Crippen LogP contribution in [0, 0.1) is 0 Å². The van der Waals surface area contributed by atoms with Gasteiger partial charge in [-0.1, -0.05) is 0 Å². The normalized spacial score (nSPS) is 12.7. The van der Waals surface area contributed by atoms with Gasteiger partial charge in [-0.25, -0.2) is 0 Å². The number of hydrogen-bond donors (Lipinski definition) is 3. The Balaban J connectivity index is 1.82. The van der Waals surface area contributed by atoms with Crippen LogP contribution in [0.4, 0.5) is 11.8 Å². The van der Waals surface area contributed by atoms with E-state index in [1.165, 1.54) is 0 Å². The van der Waals surface area contributed by atoms with Crippen LogP contribution in [0.1, 0.15) is 12.7 Å². The van der Waals surface area contributed by atoms with Crippen LogP contribution in [0.25, 0.3) is 11.0 Å². The standard InChI is InChI=1S/C12H14N6O/c1-7(5-8-3-2-4-19-8)15-10-9-6-14-18-11(9)17-12(13)16-10/h2-4,6-7H,5H2,1H3,(H4,13,14,15,16,17,18). The summed E-state index contributed by atoms with van der Waals surface area (Å²) in [7, 11) is 0. The molecule has 1 unspecified atom stereocenters.